The molecule has 0 amide bonds. The van der Waals surface area contributed by atoms with E-state index in [2.05, 4.69) is 18.3 Å². The van der Waals surface area contributed by atoms with E-state index < -0.39 is 6.10 Å². The van der Waals surface area contributed by atoms with Crippen molar-refractivity contribution < 1.29 is 9.84 Å². The molecule has 109 valence electrons. The molecule has 0 aliphatic rings. The van der Waals surface area contributed by atoms with E-state index in [4.69, 9.17) is 10.00 Å². The molecule has 0 bridgehead atoms. The van der Waals surface area contributed by atoms with Crippen LogP contribution in [0.5, 0.6) is 5.75 Å². The number of ether oxygens (including phenoxy) is 1. The second kappa shape index (κ2) is 10.2. The van der Waals surface area contributed by atoms with E-state index in [0.29, 0.717) is 17.9 Å². The van der Waals surface area contributed by atoms with Gasteiger partial charge < -0.3 is 15.2 Å². The third-order valence-corrected chi connectivity index (χ3v) is 2.92. The fourth-order valence-corrected chi connectivity index (χ4v) is 1.80. The van der Waals surface area contributed by atoms with Gasteiger partial charge in [-0.15, -0.1) is 0 Å². The maximum absolute atomic E-state index is 9.80. The van der Waals surface area contributed by atoms with Crippen LogP contribution in [0.1, 0.15) is 31.2 Å². The van der Waals surface area contributed by atoms with Crippen molar-refractivity contribution in [3.63, 3.8) is 0 Å². The summed E-state index contributed by atoms with van der Waals surface area (Å²) < 4.78 is 5.46. The lowest BCUT2D eigenvalue weighted by Gasteiger charge is -2.13. The van der Waals surface area contributed by atoms with Crippen molar-refractivity contribution in [1.29, 1.82) is 5.26 Å². The highest BCUT2D eigenvalue weighted by molar-refractivity contribution is 5.42. The van der Waals surface area contributed by atoms with Gasteiger partial charge in [0.1, 0.15) is 24.5 Å². The first kappa shape index (κ1) is 16.5. The van der Waals surface area contributed by atoms with Gasteiger partial charge in [0.15, 0.2) is 0 Å². The zero-order valence-corrected chi connectivity index (χ0v) is 11.8. The number of nitrogens with one attached hydrogen (secondary N) is 1. The lowest BCUT2D eigenvalue weighted by molar-refractivity contribution is 0.106. The van der Waals surface area contributed by atoms with Gasteiger partial charge in [-0.05, 0) is 25.1 Å². The SMILES string of the molecule is [CH2]CCCCCNCC(O)COc1ccccc1C#N. The van der Waals surface area contributed by atoms with Crippen molar-refractivity contribution >= 4 is 0 Å². The topological polar surface area (TPSA) is 65.3 Å². The quantitative estimate of drug-likeness (QED) is 0.643. The van der Waals surface area contributed by atoms with Crippen LogP contribution < -0.4 is 10.1 Å². The molecule has 4 heteroatoms. The Kier molecular flexibility index (Phi) is 8.44. The Balaban J connectivity index is 2.17. The number of benzene rings is 1. The van der Waals surface area contributed by atoms with E-state index in [9.17, 15) is 5.11 Å². The summed E-state index contributed by atoms with van der Waals surface area (Å²) >= 11 is 0. The molecule has 1 unspecified atom stereocenters. The molecule has 1 radical (unpaired) electrons. The molecule has 1 aromatic carbocycles. The molecule has 0 aliphatic carbocycles. The highest BCUT2D eigenvalue weighted by Crippen LogP contribution is 2.16. The fourth-order valence-electron chi connectivity index (χ4n) is 1.80. The highest BCUT2D eigenvalue weighted by Gasteiger charge is 2.07. The lowest BCUT2D eigenvalue weighted by Crippen LogP contribution is -2.32. The number of unbranched alkanes of at least 4 members (excludes halogenated alkanes) is 3. The molecule has 4 nitrogen and oxygen atoms in total. The number of para-hydroxylation sites is 1. The zero-order chi connectivity index (χ0) is 14.6. The van der Waals surface area contributed by atoms with Crippen molar-refractivity contribution in [1.82, 2.24) is 5.32 Å². The number of rotatable bonds is 10. The van der Waals surface area contributed by atoms with Crippen molar-refractivity contribution in [3.8, 4) is 11.8 Å². The van der Waals surface area contributed by atoms with Crippen LogP contribution >= 0.6 is 0 Å². The molecular weight excluding hydrogens is 252 g/mol. The summed E-state index contributed by atoms with van der Waals surface area (Å²) in [7, 11) is 0. The Hall–Kier alpha value is -1.57. The summed E-state index contributed by atoms with van der Waals surface area (Å²) in [6.07, 6.45) is 3.82. The average Bonchev–Trinajstić information content (AvgIpc) is 2.49. The first-order valence-electron chi connectivity index (χ1n) is 7.08. The Labute approximate surface area is 121 Å². The largest absolute Gasteiger partial charge is 0.489 e. The summed E-state index contributed by atoms with van der Waals surface area (Å²) in [4.78, 5) is 0. The van der Waals surface area contributed by atoms with Crippen molar-refractivity contribution in [2.45, 2.75) is 31.8 Å². The average molecular weight is 275 g/mol. The minimum Gasteiger partial charge on any atom is -0.489 e. The van der Waals surface area contributed by atoms with Crippen LogP contribution in [0, 0.1) is 18.3 Å². The second-order valence-electron chi connectivity index (χ2n) is 4.69. The Morgan fingerprint density at radius 3 is 2.85 bits per heavy atom. The van der Waals surface area contributed by atoms with Crippen molar-refractivity contribution in [2.75, 3.05) is 19.7 Å². The van der Waals surface area contributed by atoms with Crippen LogP contribution in [0.3, 0.4) is 0 Å². The van der Waals surface area contributed by atoms with Gasteiger partial charge in [-0.2, -0.15) is 5.26 Å². The molecule has 20 heavy (non-hydrogen) atoms. The maximum atomic E-state index is 9.80. The molecule has 0 spiro atoms. The minimum atomic E-state index is -0.574. The van der Waals surface area contributed by atoms with Crippen molar-refractivity contribution in [3.05, 3.63) is 36.8 Å². The maximum Gasteiger partial charge on any atom is 0.137 e. The summed E-state index contributed by atoms with van der Waals surface area (Å²) in [6, 6.07) is 9.09. The molecule has 2 N–H and O–H groups in total. The van der Waals surface area contributed by atoms with Crippen molar-refractivity contribution in [2.24, 2.45) is 0 Å². The van der Waals surface area contributed by atoms with Gasteiger partial charge in [0.05, 0.1) is 5.56 Å². The highest BCUT2D eigenvalue weighted by atomic mass is 16.5. The standard InChI is InChI=1S/C16H23N2O2/c1-2-3-4-7-10-18-12-15(19)13-20-16-9-6-5-8-14(16)11-17/h5-6,8-9,15,18-19H,1-4,7,10,12-13H2. The first-order valence-corrected chi connectivity index (χ1v) is 7.08. The second-order valence-corrected chi connectivity index (χ2v) is 4.69. The van der Waals surface area contributed by atoms with E-state index in [1.807, 2.05) is 6.07 Å². The molecule has 0 saturated carbocycles. The Morgan fingerprint density at radius 1 is 1.30 bits per heavy atom. The summed E-state index contributed by atoms with van der Waals surface area (Å²) in [6.45, 7) is 5.38. The molecule has 0 heterocycles. The number of hydrogen-bond donors (Lipinski definition) is 2. The third-order valence-electron chi connectivity index (χ3n) is 2.92. The lowest BCUT2D eigenvalue weighted by atomic mass is 10.2. The number of hydrogen-bond acceptors (Lipinski definition) is 4. The van der Waals surface area contributed by atoms with Gasteiger partial charge in [0, 0.05) is 6.54 Å². The number of aliphatic hydroxyl groups excluding tert-OH is 1. The Bertz CT molecular complexity index is 415. The molecule has 0 saturated heterocycles. The predicted octanol–water partition coefficient (Wildman–Crippen LogP) is 2.28. The van der Waals surface area contributed by atoms with Crippen LogP contribution in [-0.4, -0.2) is 30.9 Å². The molecular formula is C16H23N2O2. The van der Waals surface area contributed by atoms with E-state index in [1.165, 1.54) is 6.42 Å². The molecule has 0 aliphatic heterocycles. The van der Waals surface area contributed by atoms with Gasteiger partial charge in [0.25, 0.3) is 0 Å². The Morgan fingerprint density at radius 2 is 2.10 bits per heavy atom. The summed E-state index contributed by atoms with van der Waals surface area (Å²) in [5.74, 6) is 0.518. The molecule has 0 fully saturated rings. The molecule has 1 atom stereocenters. The molecule has 0 aromatic heterocycles. The van der Waals surface area contributed by atoms with Gasteiger partial charge in [-0.25, -0.2) is 0 Å². The third kappa shape index (κ3) is 6.55. The van der Waals surface area contributed by atoms with Crippen LogP contribution in [0.2, 0.25) is 0 Å². The van der Waals surface area contributed by atoms with Crippen LogP contribution in [0.4, 0.5) is 0 Å². The fraction of sp³-hybridized carbons (Fsp3) is 0.500. The normalized spacial score (nSPS) is 11.8. The van der Waals surface area contributed by atoms with Gasteiger partial charge >= 0.3 is 0 Å². The molecule has 1 rings (SSSR count). The van der Waals surface area contributed by atoms with E-state index >= 15 is 0 Å². The number of aliphatic hydroxyl groups is 1. The van der Waals surface area contributed by atoms with Gasteiger partial charge in [-0.3, -0.25) is 0 Å². The predicted molar refractivity (Wildman–Crippen MR) is 79.4 cm³/mol. The van der Waals surface area contributed by atoms with Gasteiger partial charge in [-0.1, -0.05) is 38.3 Å². The number of nitriles is 1. The number of nitrogens with zero attached hydrogens (tertiary/aromatic N) is 1. The monoisotopic (exact) mass is 275 g/mol. The first-order chi connectivity index (χ1) is 9.77. The smallest absolute Gasteiger partial charge is 0.137 e. The van der Waals surface area contributed by atoms with E-state index in [0.717, 1.165) is 25.8 Å². The minimum absolute atomic E-state index is 0.185. The molecule has 1 aromatic rings. The van der Waals surface area contributed by atoms with Crippen LogP contribution in [0.25, 0.3) is 0 Å². The van der Waals surface area contributed by atoms with E-state index in [1.54, 1.807) is 18.2 Å². The van der Waals surface area contributed by atoms with E-state index in [-0.39, 0.29) is 6.61 Å². The van der Waals surface area contributed by atoms with Crippen LogP contribution in [-0.2, 0) is 0 Å². The van der Waals surface area contributed by atoms with Gasteiger partial charge in [0.2, 0.25) is 0 Å². The van der Waals surface area contributed by atoms with Crippen LogP contribution in [0.15, 0.2) is 24.3 Å². The summed E-state index contributed by atoms with van der Waals surface area (Å²) in [5, 5.41) is 21.9. The zero-order valence-electron chi connectivity index (χ0n) is 11.8. The summed E-state index contributed by atoms with van der Waals surface area (Å²) in [5.41, 5.74) is 0.487.